The predicted octanol–water partition coefficient (Wildman–Crippen LogP) is 2.60. The molecule has 1 rings (SSSR count). The van der Waals surface area contributed by atoms with Gasteiger partial charge in [-0.25, -0.2) is 0 Å². The first-order valence-corrected chi connectivity index (χ1v) is 4.83. The fourth-order valence-corrected chi connectivity index (χ4v) is 1.34. The molecule has 0 unspecified atom stereocenters. The van der Waals surface area contributed by atoms with E-state index in [1.165, 1.54) is 0 Å². The van der Waals surface area contributed by atoms with E-state index in [1.807, 2.05) is 31.2 Å². The van der Waals surface area contributed by atoms with Gasteiger partial charge < -0.3 is 4.74 Å². The standard InChI is InChI=1S/C12H16O2/c1-10-5-3-6-11(9-10)12(13)7-4-8-14-2/h3,5-6,9H,4,7-8H2,1-2H3. The minimum absolute atomic E-state index is 0.200. The van der Waals surface area contributed by atoms with Crippen molar-refractivity contribution in [1.82, 2.24) is 0 Å². The third-order valence-corrected chi connectivity index (χ3v) is 2.09. The minimum Gasteiger partial charge on any atom is -0.385 e. The maximum atomic E-state index is 11.6. The lowest BCUT2D eigenvalue weighted by molar-refractivity contribution is 0.0963. The molecular weight excluding hydrogens is 176 g/mol. The third-order valence-electron chi connectivity index (χ3n) is 2.09. The number of methoxy groups -OCH3 is 1. The van der Waals surface area contributed by atoms with E-state index in [-0.39, 0.29) is 5.78 Å². The second-order valence-corrected chi connectivity index (χ2v) is 3.39. The summed E-state index contributed by atoms with van der Waals surface area (Å²) in [4.78, 5) is 11.6. The van der Waals surface area contributed by atoms with E-state index < -0.39 is 0 Å². The van der Waals surface area contributed by atoms with E-state index in [4.69, 9.17) is 4.74 Å². The number of ketones is 1. The summed E-state index contributed by atoms with van der Waals surface area (Å²) in [6, 6.07) is 7.70. The van der Waals surface area contributed by atoms with Gasteiger partial charge in [0.25, 0.3) is 0 Å². The molecule has 0 aliphatic carbocycles. The summed E-state index contributed by atoms with van der Waals surface area (Å²) in [5.41, 5.74) is 1.93. The van der Waals surface area contributed by atoms with Crippen molar-refractivity contribution in [2.45, 2.75) is 19.8 Å². The number of hydrogen-bond donors (Lipinski definition) is 0. The van der Waals surface area contributed by atoms with Crippen LogP contribution in [0.2, 0.25) is 0 Å². The highest BCUT2D eigenvalue weighted by atomic mass is 16.5. The normalized spacial score (nSPS) is 10.1. The molecule has 0 saturated heterocycles. The Balaban J connectivity index is 2.52. The molecule has 0 heterocycles. The van der Waals surface area contributed by atoms with Crippen LogP contribution in [0, 0.1) is 6.92 Å². The van der Waals surface area contributed by atoms with E-state index in [0.717, 1.165) is 17.5 Å². The molecule has 0 aliphatic rings. The SMILES string of the molecule is COCCCC(=O)c1cccc(C)c1. The third kappa shape index (κ3) is 3.30. The number of carbonyl (C=O) groups excluding carboxylic acids is 1. The molecule has 0 spiro atoms. The Morgan fingerprint density at radius 2 is 2.21 bits per heavy atom. The van der Waals surface area contributed by atoms with Crippen LogP contribution in [-0.2, 0) is 4.74 Å². The number of benzene rings is 1. The van der Waals surface area contributed by atoms with Crippen molar-refractivity contribution in [3.63, 3.8) is 0 Å². The first kappa shape index (κ1) is 10.9. The van der Waals surface area contributed by atoms with Crippen molar-refractivity contribution in [3.8, 4) is 0 Å². The van der Waals surface area contributed by atoms with E-state index in [9.17, 15) is 4.79 Å². The summed E-state index contributed by atoms with van der Waals surface area (Å²) in [6.07, 6.45) is 1.36. The molecule has 0 bridgehead atoms. The second kappa shape index (κ2) is 5.55. The van der Waals surface area contributed by atoms with Gasteiger partial charge in [0, 0.05) is 25.7 Å². The Bertz CT molecular complexity index is 305. The highest BCUT2D eigenvalue weighted by Gasteiger charge is 2.04. The quantitative estimate of drug-likeness (QED) is 0.529. The Kier molecular flexibility index (Phi) is 4.33. The Labute approximate surface area is 84.9 Å². The lowest BCUT2D eigenvalue weighted by Gasteiger charge is -2.01. The molecule has 1 aromatic carbocycles. The summed E-state index contributed by atoms with van der Waals surface area (Å²) >= 11 is 0. The summed E-state index contributed by atoms with van der Waals surface area (Å²) < 4.78 is 4.90. The zero-order valence-corrected chi connectivity index (χ0v) is 8.75. The highest BCUT2D eigenvalue weighted by molar-refractivity contribution is 5.96. The molecule has 0 saturated carbocycles. The topological polar surface area (TPSA) is 26.3 Å². The number of rotatable bonds is 5. The summed E-state index contributed by atoms with van der Waals surface area (Å²) in [6.45, 7) is 2.64. The lowest BCUT2D eigenvalue weighted by Crippen LogP contribution is -2.01. The summed E-state index contributed by atoms with van der Waals surface area (Å²) in [5.74, 6) is 0.200. The molecule has 76 valence electrons. The zero-order valence-electron chi connectivity index (χ0n) is 8.75. The fraction of sp³-hybridized carbons (Fsp3) is 0.417. The van der Waals surface area contributed by atoms with Crippen LogP contribution in [-0.4, -0.2) is 19.5 Å². The van der Waals surface area contributed by atoms with E-state index in [0.29, 0.717) is 13.0 Å². The number of Topliss-reactive ketones (excluding diaryl/α,β-unsaturated/α-hetero) is 1. The number of carbonyl (C=O) groups is 1. The number of aryl methyl sites for hydroxylation is 1. The van der Waals surface area contributed by atoms with Crippen LogP contribution in [0.3, 0.4) is 0 Å². The fourth-order valence-electron chi connectivity index (χ4n) is 1.34. The van der Waals surface area contributed by atoms with Crippen LogP contribution in [0.15, 0.2) is 24.3 Å². The van der Waals surface area contributed by atoms with Crippen LogP contribution >= 0.6 is 0 Å². The highest BCUT2D eigenvalue weighted by Crippen LogP contribution is 2.08. The molecule has 0 radical (unpaired) electrons. The van der Waals surface area contributed by atoms with E-state index >= 15 is 0 Å². The van der Waals surface area contributed by atoms with Crippen LogP contribution in [0.5, 0.6) is 0 Å². The molecule has 1 aromatic rings. The van der Waals surface area contributed by atoms with Gasteiger partial charge in [0.1, 0.15) is 0 Å². The van der Waals surface area contributed by atoms with Gasteiger partial charge in [-0.15, -0.1) is 0 Å². The van der Waals surface area contributed by atoms with Crippen LogP contribution in [0.25, 0.3) is 0 Å². The van der Waals surface area contributed by atoms with Gasteiger partial charge in [0.15, 0.2) is 5.78 Å². The summed E-state index contributed by atoms with van der Waals surface area (Å²) in [5, 5.41) is 0. The van der Waals surface area contributed by atoms with E-state index in [1.54, 1.807) is 7.11 Å². The molecule has 0 amide bonds. The largest absolute Gasteiger partial charge is 0.385 e. The first-order valence-electron chi connectivity index (χ1n) is 4.83. The predicted molar refractivity (Wildman–Crippen MR) is 56.6 cm³/mol. The molecule has 0 aromatic heterocycles. The monoisotopic (exact) mass is 192 g/mol. The van der Waals surface area contributed by atoms with Crippen LogP contribution < -0.4 is 0 Å². The van der Waals surface area contributed by atoms with Gasteiger partial charge >= 0.3 is 0 Å². The van der Waals surface area contributed by atoms with E-state index in [2.05, 4.69) is 0 Å². The number of hydrogen-bond acceptors (Lipinski definition) is 2. The average Bonchev–Trinajstić information content (AvgIpc) is 2.18. The van der Waals surface area contributed by atoms with Gasteiger partial charge in [0.05, 0.1) is 0 Å². The van der Waals surface area contributed by atoms with Crippen molar-refractivity contribution in [1.29, 1.82) is 0 Å². The number of ether oxygens (including phenoxy) is 1. The second-order valence-electron chi connectivity index (χ2n) is 3.39. The van der Waals surface area contributed by atoms with Crippen molar-refractivity contribution in [2.75, 3.05) is 13.7 Å². The van der Waals surface area contributed by atoms with Crippen LogP contribution in [0.4, 0.5) is 0 Å². The molecule has 0 aliphatic heterocycles. The van der Waals surface area contributed by atoms with Gasteiger partial charge in [-0.1, -0.05) is 23.8 Å². The molecule has 0 atom stereocenters. The van der Waals surface area contributed by atoms with Crippen molar-refractivity contribution < 1.29 is 9.53 Å². The maximum absolute atomic E-state index is 11.6. The molecule has 2 nitrogen and oxygen atoms in total. The molecular formula is C12H16O2. The van der Waals surface area contributed by atoms with Gasteiger partial charge in [-0.05, 0) is 19.4 Å². The molecule has 14 heavy (non-hydrogen) atoms. The molecule has 2 heteroatoms. The van der Waals surface area contributed by atoms with Crippen molar-refractivity contribution in [3.05, 3.63) is 35.4 Å². The Morgan fingerprint density at radius 1 is 1.43 bits per heavy atom. The lowest BCUT2D eigenvalue weighted by atomic mass is 10.0. The summed E-state index contributed by atoms with van der Waals surface area (Å²) in [7, 11) is 1.65. The first-order chi connectivity index (χ1) is 6.74. The Morgan fingerprint density at radius 3 is 2.86 bits per heavy atom. The Hall–Kier alpha value is -1.15. The minimum atomic E-state index is 0.200. The smallest absolute Gasteiger partial charge is 0.162 e. The average molecular weight is 192 g/mol. The van der Waals surface area contributed by atoms with Crippen molar-refractivity contribution >= 4 is 5.78 Å². The van der Waals surface area contributed by atoms with Gasteiger partial charge in [-0.3, -0.25) is 4.79 Å². The van der Waals surface area contributed by atoms with Gasteiger partial charge in [-0.2, -0.15) is 0 Å². The molecule has 0 fully saturated rings. The molecule has 0 N–H and O–H groups in total. The van der Waals surface area contributed by atoms with Gasteiger partial charge in [0.2, 0.25) is 0 Å². The maximum Gasteiger partial charge on any atom is 0.162 e. The van der Waals surface area contributed by atoms with Crippen molar-refractivity contribution in [2.24, 2.45) is 0 Å². The van der Waals surface area contributed by atoms with Crippen LogP contribution in [0.1, 0.15) is 28.8 Å². The zero-order chi connectivity index (χ0) is 10.4.